The lowest BCUT2D eigenvalue weighted by molar-refractivity contribution is -0.121. The van der Waals surface area contributed by atoms with Gasteiger partial charge >= 0.3 is 0 Å². The first-order valence-electron chi connectivity index (χ1n) is 10.9. The molecule has 4 rings (SSSR count). The molecule has 1 aromatic carbocycles. The average Bonchev–Trinajstić information content (AvgIpc) is 2.80. The summed E-state index contributed by atoms with van der Waals surface area (Å²) in [5, 5.41) is 2.83. The molecule has 0 aliphatic carbocycles. The van der Waals surface area contributed by atoms with E-state index in [1.807, 2.05) is 37.3 Å². The Morgan fingerprint density at radius 1 is 1.12 bits per heavy atom. The number of carbonyl (C=O) groups excluding carboxylic acids is 1. The zero-order chi connectivity index (χ0) is 22.6. The van der Waals surface area contributed by atoms with Crippen molar-refractivity contribution >= 4 is 21.6 Å². The van der Waals surface area contributed by atoms with Gasteiger partial charge in [-0.1, -0.05) is 18.2 Å². The lowest BCUT2D eigenvalue weighted by atomic mass is 10.0. The van der Waals surface area contributed by atoms with Gasteiger partial charge < -0.3 is 10.1 Å². The number of nitrogens with one attached hydrogen (secondary N) is 1. The molecule has 2 fully saturated rings. The zero-order valence-corrected chi connectivity index (χ0v) is 19.0. The minimum atomic E-state index is -2.89. The highest BCUT2D eigenvalue weighted by Crippen LogP contribution is 2.21. The lowest BCUT2D eigenvalue weighted by Crippen LogP contribution is -2.55. The second-order valence-electron chi connectivity index (χ2n) is 8.30. The first kappa shape index (κ1) is 22.6. The van der Waals surface area contributed by atoms with E-state index in [9.17, 15) is 13.2 Å². The molecular weight excluding hydrogens is 430 g/mol. The third kappa shape index (κ3) is 5.81. The molecule has 1 aromatic heterocycles. The molecule has 2 atom stereocenters. The molecule has 2 saturated heterocycles. The number of para-hydroxylation sites is 1. The molecule has 1 N–H and O–H groups in total. The van der Waals surface area contributed by atoms with Crippen LogP contribution in [0, 0.1) is 0 Å². The molecule has 0 bridgehead atoms. The standard InChI is InChI=1S/C22H29N5O4S/c1-17(27-9-5-6-18(16-27)26-10-12-32(29,30)13-11-26)22(28)25-20-14-24-21(15-23-20)31-19-7-3-2-4-8-19/h2-4,7-8,14-15,17-18H,5-6,9-13,16H2,1H3,(H,23,25,28). The van der Waals surface area contributed by atoms with Crippen LogP contribution in [-0.2, 0) is 14.6 Å². The molecule has 0 spiro atoms. The predicted octanol–water partition coefficient (Wildman–Crippen LogP) is 1.79. The van der Waals surface area contributed by atoms with E-state index in [0.717, 1.165) is 25.9 Å². The van der Waals surface area contributed by atoms with E-state index in [-0.39, 0.29) is 29.5 Å². The Hall–Kier alpha value is -2.56. The van der Waals surface area contributed by atoms with Crippen molar-refractivity contribution < 1.29 is 17.9 Å². The van der Waals surface area contributed by atoms with Crippen LogP contribution in [0.3, 0.4) is 0 Å². The Morgan fingerprint density at radius 2 is 1.88 bits per heavy atom. The largest absolute Gasteiger partial charge is 0.438 e. The van der Waals surface area contributed by atoms with Crippen molar-refractivity contribution in [3.05, 3.63) is 42.7 Å². The van der Waals surface area contributed by atoms with Crippen LogP contribution in [0.1, 0.15) is 19.8 Å². The number of likely N-dealkylation sites (tertiary alicyclic amines) is 1. The molecule has 10 heteroatoms. The molecule has 172 valence electrons. The highest BCUT2D eigenvalue weighted by molar-refractivity contribution is 7.91. The van der Waals surface area contributed by atoms with E-state index in [0.29, 0.717) is 30.5 Å². The van der Waals surface area contributed by atoms with E-state index in [2.05, 4.69) is 25.1 Å². The molecule has 0 saturated carbocycles. The van der Waals surface area contributed by atoms with Crippen LogP contribution in [0.4, 0.5) is 5.82 Å². The topological polar surface area (TPSA) is 105 Å². The normalized spacial score (nSPS) is 22.7. The first-order chi connectivity index (χ1) is 15.4. The maximum Gasteiger partial charge on any atom is 0.242 e. The van der Waals surface area contributed by atoms with Gasteiger partial charge in [0.15, 0.2) is 15.7 Å². The maximum atomic E-state index is 12.8. The third-order valence-corrected chi connectivity index (χ3v) is 7.70. The van der Waals surface area contributed by atoms with Crippen molar-refractivity contribution in [2.45, 2.75) is 31.8 Å². The summed E-state index contributed by atoms with van der Waals surface area (Å²) in [6.45, 7) is 4.64. The third-order valence-electron chi connectivity index (χ3n) is 6.10. The van der Waals surface area contributed by atoms with Crippen LogP contribution in [0.15, 0.2) is 42.7 Å². The van der Waals surface area contributed by atoms with Crippen molar-refractivity contribution in [2.75, 3.05) is 43.0 Å². The second-order valence-corrected chi connectivity index (χ2v) is 10.6. The number of nitrogens with zero attached hydrogens (tertiary/aromatic N) is 4. The summed E-state index contributed by atoms with van der Waals surface area (Å²) < 4.78 is 29.1. The predicted molar refractivity (Wildman–Crippen MR) is 121 cm³/mol. The number of anilines is 1. The summed E-state index contributed by atoms with van der Waals surface area (Å²) in [4.78, 5) is 25.7. The quantitative estimate of drug-likeness (QED) is 0.697. The fraction of sp³-hybridized carbons (Fsp3) is 0.500. The van der Waals surface area contributed by atoms with Gasteiger partial charge in [0.1, 0.15) is 5.75 Å². The van der Waals surface area contributed by atoms with Crippen LogP contribution in [0.5, 0.6) is 11.6 Å². The van der Waals surface area contributed by atoms with Crippen molar-refractivity contribution in [3.8, 4) is 11.6 Å². The number of carbonyl (C=O) groups is 1. The number of ether oxygens (including phenoxy) is 1. The molecule has 9 nitrogen and oxygen atoms in total. The molecule has 32 heavy (non-hydrogen) atoms. The summed E-state index contributed by atoms with van der Waals surface area (Å²) in [6, 6.07) is 9.26. The van der Waals surface area contributed by atoms with Crippen molar-refractivity contribution in [3.63, 3.8) is 0 Å². The fourth-order valence-electron chi connectivity index (χ4n) is 4.16. The van der Waals surface area contributed by atoms with Crippen molar-refractivity contribution in [1.29, 1.82) is 0 Å². The zero-order valence-electron chi connectivity index (χ0n) is 18.2. The minimum absolute atomic E-state index is 0.141. The first-order valence-corrected chi connectivity index (χ1v) is 12.8. The van der Waals surface area contributed by atoms with Gasteiger partial charge in [0.2, 0.25) is 11.8 Å². The summed E-state index contributed by atoms with van der Waals surface area (Å²) in [5.41, 5.74) is 0. The van der Waals surface area contributed by atoms with Gasteiger partial charge in [0.05, 0.1) is 29.9 Å². The smallest absolute Gasteiger partial charge is 0.242 e. The Bertz CT molecular complexity index is 1000. The second kappa shape index (κ2) is 9.93. The minimum Gasteiger partial charge on any atom is -0.438 e. The Morgan fingerprint density at radius 3 is 2.56 bits per heavy atom. The monoisotopic (exact) mass is 459 g/mol. The van der Waals surface area contributed by atoms with Crippen molar-refractivity contribution in [2.24, 2.45) is 0 Å². The molecule has 1 amide bonds. The number of piperidine rings is 1. The van der Waals surface area contributed by atoms with Gasteiger partial charge in [-0.25, -0.2) is 18.4 Å². The van der Waals surface area contributed by atoms with Gasteiger partial charge in [0.25, 0.3) is 0 Å². The highest BCUT2D eigenvalue weighted by atomic mass is 32.2. The van der Waals surface area contributed by atoms with E-state index in [1.54, 1.807) is 0 Å². The SMILES string of the molecule is CC(C(=O)Nc1cnc(Oc2ccccc2)cn1)N1CCCC(N2CCS(=O)(=O)CC2)C1. The molecular formula is C22H29N5O4S. The number of rotatable bonds is 6. The summed E-state index contributed by atoms with van der Waals surface area (Å²) in [7, 11) is -2.89. The van der Waals surface area contributed by atoms with E-state index in [1.165, 1.54) is 12.4 Å². The molecule has 3 heterocycles. The summed E-state index contributed by atoms with van der Waals surface area (Å²) in [5.74, 6) is 1.70. The van der Waals surface area contributed by atoms with E-state index < -0.39 is 9.84 Å². The number of benzene rings is 1. The van der Waals surface area contributed by atoms with Crippen LogP contribution < -0.4 is 10.1 Å². The molecule has 2 aliphatic heterocycles. The number of amides is 1. The van der Waals surface area contributed by atoms with E-state index >= 15 is 0 Å². The molecule has 2 aliphatic rings. The Balaban J connectivity index is 1.30. The van der Waals surface area contributed by atoms with Gasteiger partial charge in [-0.3, -0.25) is 14.6 Å². The Labute approximate surface area is 188 Å². The van der Waals surface area contributed by atoms with Crippen LogP contribution in [-0.4, -0.2) is 83.9 Å². The highest BCUT2D eigenvalue weighted by Gasteiger charge is 2.33. The van der Waals surface area contributed by atoms with Crippen LogP contribution in [0.2, 0.25) is 0 Å². The van der Waals surface area contributed by atoms with E-state index in [4.69, 9.17) is 4.74 Å². The molecule has 0 radical (unpaired) electrons. The lowest BCUT2D eigenvalue weighted by Gasteiger charge is -2.42. The summed E-state index contributed by atoms with van der Waals surface area (Å²) >= 11 is 0. The number of aromatic nitrogens is 2. The average molecular weight is 460 g/mol. The van der Waals surface area contributed by atoms with Crippen LogP contribution in [0.25, 0.3) is 0 Å². The van der Waals surface area contributed by atoms with Crippen molar-refractivity contribution in [1.82, 2.24) is 19.8 Å². The number of hydrogen-bond acceptors (Lipinski definition) is 8. The van der Waals surface area contributed by atoms with Crippen LogP contribution >= 0.6 is 0 Å². The van der Waals surface area contributed by atoms with Gasteiger partial charge in [-0.15, -0.1) is 0 Å². The number of sulfone groups is 1. The van der Waals surface area contributed by atoms with Gasteiger partial charge in [-0.2, -0.15) is 0 Å². The Kier molecular flexibility index (Phi) is 7.02. The fourth-order valence-corrected chi connectivity index (χ4v) is 5.39. The summed E-state index contributed by atoms with van der Waals surface area (Å²) in [6.07, 6.45) is 4.97. The number of hydrogen-bond donors (Lipinski definition) is 1. The van der Waals surface area contributed by atoms with Gasteiger partial charge in [-0.05, 0) is 38.4 Å². The molecule has 2 unspecified atom stereocenters. The van der Waals surface area contributed by atoms with Gasteiger partial charge in [0, 0.05) is 25.7 Å². The molecule has 2 aromatic rings. The maximum absolute atomic E-state index is 12.8.